The number of aromatic nitrogens is 2. The van der Waals surface area contributed by atoms with Gasteiger partial charge in [0.1, 0.15) is 5.82 Å². The van der Waals surface area contributed by atoms with E-state index in [1.807, 2.05) is 19.1 Å². The number of hydrogen-bond donors (Lipinski definition) is 1. The molecule has 1 fully saturated rings. The number of ether oxygens (including phenoxy) is 3. The van der Waals surface area contributed by atoms with Gasteiger partial charge in [0.05, 0.1) is 43.0 Å². The number of carboxylic acid groups (broad SMARTS) is 1. The lowest BCUT2D eigenvalue weighted by Crippen LogP contribution is -2.42. The fourth-order valence-corrected chi connectivity index (χ4v) is 6.34. The fraction of sp³-hybridized carbons (Fsp3) is 0.500. The van der Waals surface area contributed by atoms with Gasteiger partial charge in [-0.2, -0.15) is 0 Å². The van der Waals surface area contributed by atoms with Crippen molar-refractivity contribution in [1.29, 1.82) is 0 Å². The second kappa shape index (κ2) is 11.4. The Hall–Kier alpha value is -3.66. The highest BCUT2D eigenvalue weighted by molar-refractivity contribution is 5.95. The Morgan fingerprint density at radius 2 is 1.85 bits per heavy atom. The summed E-state index contributed by atoms with van der Waals surface area (Å²) < 4.78 is 32.4. The number of amides is 1. The first kappa shape index (κ1) is 27.9. The molecule has 2 aromatic carbocycles. The van der Waals surface area contributed by atoms with Gasteiger partial charge in [-0.15, -0.1) is 0 Å². The van der Waals surface area contributed by atoms with E-state index in [4.69, 9.17) is 19.2 Å². The average Bonchev–Trinajstić information content (AvgIpc) is 3.33. The minimum absolute atomic E-state index is 0.0235. The number of anilines is 1. The topological polar surface area (TPSA) is 103 Å². The predicted molar refractivity (Wildman–Crippen MR) is 148 cm³/mol. The number of halogens is 1. The highest BCUT2D eigenvalue weighted by Gasteiger charge is 2.34. The van der Waals surface area contributed by atoms with Crippen LogP contribution in [0, 0.1) is 5.82 Å². The molecule has 3 aromatic rings. The lowest BCUT2D eigenvalue weighted by molar-refractivity contribution is -0.138. The number of methoxy groups -OCH3 is 3. The Labute approximate surface area is 232 Å². The maximum atomic E-state index is 14.6. The number of imidazole rings is 1. The third-order valence-electron chi connectivity index (χ3n) is 8.50. The van der Waals surface area contributed by atoms with Crippen LogP contribution in [0.3, 0.4) is 0 Å². The van der Waals surface area contributed by atoms with Crippen LogP contribution in [-0.2, 0) is 27.1 Å². The van der Waals surface area contributed by atoms with Crippen LogP contribution < -0.4 is 9.64 Å². The fourth-order valence-electron chi connectivity index (χ4n) is 6.34. The maximum absolute atomic E-state index is 14.6. The predicted octanol–water partition coefficient (Wildman–Crippen LogP) is 5.63. The standard InChI is InChI=1S/C30H36FN3O6/c1-17-5-11-21-24(33(17)30(37)40-4)12-13-25-28(21)32-27(34(25)19-7-9-20(38-2)10-8-19)16-22(29(35)36)18-6-14-26(39-3)23(31)15-18/h6,12-15,17,19-20,22H,5,7-11,16H2,1-4H3,(H,35,36)/t17-,19?,20?,22-/m0/s1. The second-order valence-electron chi connectivity index (χ2n) is 10.7. The van der Waals surface area contributed by atoms with Gasteiger partial charge in [0, 0.05) is 31.2 Å². The van der Waals surface area contributed by atoms with Gasteiger partial charge in [0.2, 0.25) is 0 Å². The van der Waals surface area contributed by atoms with Crippen LogP contribution in [0.5, 0.6) is 5.75 Å². The monoisotopic (exact) mass is 553 g/mol. The van der Waals surface area contributed by atoms with Gasteiger partial charge in [-0.1, -0.05) is 6.07 Å². The minimum atomic E-state index is -1.06. The molecule has 1 amide bonds. The Morgan fingerprint density at radius 1 is 1.10 bits per heavy atom. The molecule has 40 heavy (non-hydrogen) atoms. The molecule has 2 aliphatic rings. The Bertz CT molecular complexity index is 1410. The summed E-state index contributed by atoms with van der Waals surface area (Å²) in [7, 11) is 4.48. The number of fused-ring (bicyclic) bond motifs is 3. The molecule has 1 aliphatic heterocycles. The molecule has 1 aromatic heterocycles. The average molecular weight is 554 g/mol. The zero-order valence-corrected chi connectivity index (χ0v) is 23.4. The molecule has 5 rings (SSSR count). The lowest BCUT2D eigenvalue weighted by atomic mass is 9.91. The van der Waals surface area contributed by atoms with Crippen LogP contribution in [0.2, 0.25) is 0 Å². The molecule has 9 nitrogen and oxygen atoms in total. The molecule has 0 unspecified atom stereocenters. The zero-order valence-electron chi connectivity index (χ0n) is 23.4. The van der Waals surface area contributed by atoms with E-state index in [9.17, 15) is 19.1 Å². The van der Waals surface area contributed by atoms with Gasteiger partial charge < -0.3 is 23.9 Å². The van der Waals surface area contributed by atoms with Crippen molar-refractivity contribution in [2.75, 3.05) is 26.2 Å². The van der Waals surface area contributed by atoms with Crippen LogP contribution in [0.15, 0.2) is 30.3 Å². The number of rotatable bonds is 7. The number of carbonyl (C=O) groups excluding carboxylic acids is 1. The number of aliphatic carboxylic acids is 1. The van der Waals surface area contributed by atoms with E-state index < -0.39 is 23.8 Å². The molecule has 1 aliphatic carbocycles. The number of benzene rings is 2. The smallest absolute Gasteiger partial charge is 0.414 e. The Kier molecular flexibility index (Phi) is 7.98. The van der Waals surface area contributed by atoms with Crippen molar-refractivity contribution >= 4 is 28.8 Å². The Balaban J connectivity index is 1.63. The number of carboxylic acids is 1. The summed E-state index contributed by atoms with van der Waals surface area (Å²) in [4.78, 5) is 31.9. The van der Waals surface area contributed by atoms with E-state index in [2.05, 4.69) is 4.57 Å². The summed E-state index contributed by atoms with van der Waals surface area (Å²) in [6, 6.07) is 8.29. The SMILES string of the molecule is COC(=O)N1c2ccc3c(nc(C[C@H](C(=O)O)c4ccc(OC)c(F)c4)n3C3CCC(OC)CC3)c2CC[C@@H]1C. The lowest BCUT2D eigenvalue weighted by Gasteiger charge is -2.34. The third kappa shape index (κ3) is 5.00. The number of carbonyl (C=O) groups is 2. The van der Waals surface area contributed by atoms with Crippen LogP contribution in [-0.4, -0.2) is 60.2 Å². The van der Waals surface area contributed by atoms with Crippen LogP contribution >= 0.6 is 0 Å². The molecule has 2 heterocycles. The summed E-state index contributed by atoms with van der Waals surface area (Å²) in [5.41, 5.74) is 3.75. The molecule has 0 spiro atoms. The molecule has 1 saturated carbocycles. The van der Waals surface area contributed by atoms with E-state index in [1.54, 1.807) is 18.1 Å². The number of nitrogens with zero attached hydrogens (tertiary/aromatic N) is 3. The van der Waals surface area contributed by atoms with E-state index >= 15 is 0 Å². The summed E-state index contributed by atoms with van der Waals surface area (Å²) in [5, 5.41) is 10.2. The molecular formula is C30H36FN3O6. The van der Waals surface area contributed by atoms with Crippen molar-refractivity contribution in [3.05, 3.63) is 53.1 Å². The molecule has 214 valence electrons. The van der Waals surface area contributed by atoms with Gasteiger partial charge in [-0.25, -0.2) is 14.2 Å². The normalized spacial score (nSPS) is 21.6. The van der Waals surface area contributed by atoms with Crippen LogP contribution in [0.4, 0.5) is 14.9 Å². The van der Waals surface area contributed by atoms with Gasteiger partial charge in [-0.05, 0) is 75.3 Å². The largest absolute Gasteiger partial charge is 0.494 e. The summed E-state index contributed by atoms with van der Waals surface area (Å²) in [6.07, 6.45) is 4.89. The van der Waals surface area contributed by atoms with Crippen LogP contribution in [0.1, 0.15) is 67.9 Å². The van der Waals surface area contributed by atoms with Crippen molar-refractivity contribution in [1.82, 2.24) is 9.55 Å². The first-order chi connectivity index (χ1) is 19.3. The van der Waals surface area contributed by atoms with Gasteiger partial charge >= 0.3 is 12.1 Å². The van der Waals surface area contributed by atoms with Crippen molar-refractivity contribution in [3.8, 4) is 5.75 Å². The molecule has 0 bridgehead atoms. The molecule has 0 radical (unpaired) electrons. The zero-order chi connectivity index (χ0) is 28.6. The minimum Gasteiger partial charge on any atom is -0.494 e. The van der Waals surface area contributed by atoms with E-state index in [-0.39, 0.29) is 30.4 Å². The van der Waals surface area contributed by atoms with Gasteiger partial charge in [0.15, 0.2) is 11.6 Å². The van der Waals surface area contributed by atoms with Crippen LogP contribution in [0.25, 0.3) is 11.0 Å². The van der Waals surface area contributed by atoms with Crippen molar-refractivity contribution in [2.45, 2.75) is 76.0 Å². The van der Waals surface area contributed by atoms with Crippen molar-refractivity contribution in [3.63, 3.8) is 0 Å². The van der Waals surface area contributed by atoms with E-state index in [1.165, 1.54) is 26.4 Å². The first-order valence-corrected chi connectivity index (χ1v) is 13.8. The Morgan fingerprint density at radius 3 is 2.48 bits per heavy atom. The van der Waals surface area contributed by atoms with Gasteiger partial charge in [0.25, 0.3) is 0 Å². The van der Waals surface area contributed by atoms with Crippen molar-refractivity contribution < 1.29 is 33.3 Å². The van der Waals surface area contributed by atoms with E-state index in [0.717, 1.165) is 60.8 Å². The maximum Gasteiger partial charge on any atom is 0.414 e. The molecule has 1 N–H and O–H groups in total. The first-order valence-electron chi connectivity index (χ1n) is 13.8. The van der Waals surface area contributed by atoms with Gasteiger partial charge in [-0.3, -0.25) is 9.69 Å². The quantitative estimate of drug-likeness (QED) is 0.404. The second-order valence-corrected chi connectivity index (χ2v) is 10.7. The summed E-state index contributed by atoms with van der Waals surface area (Å²) in [6.45, 7) is 1.99. The highest BCUT2D eigenvalue weighted by Crippen LogP contribution is 2.40. The third-order valence-corrected chi connectivity index (χ3v) is 8.50. The van der Waals surface area contributed by atoms with Crippen molar-refractivity contribution in [2.24, 2.45) is 0 Å². The molecular weight excluding hydrogens is 517 g/mol. The molecule has 0 saturated heterocycles. The number of hydrogen-bond acceptors (Lipinski definition) is 6. The summed E-state index contributed by atoms with van der Waals surface area (Å²) in [5.74, 6) is -1.97. The van der Waals surface area contributed by atoms with E-state index in [0.29, 0.717) is 11.4 Å². The molecule has 2 atom stereocenters. The molecule has 10 heteroatoms. The summed E-state index contributed by atoms with van der Waals surface area (Å²) >= 11 is 0. The number of aryl methyl sites for hydroxylation is 1. The highest BCUT2D eigenvalue weighted by atomic mass is 19.1.